The van der Waals surface area contributed by atoms with Crippen LogP contribution in [0.25, 0.3) is 0 Å². The molecule has 0 aliphatic carbocycles. The second-order valence-corrected chi connectivity index (χ2v) is 5.43. The van der Waals surface area contributed by atoms with Crippen molar-refractivity contribution in [2.45, 2.75) is 6.92 Å². The highest BCUT2D eigenvalue weighted by molar-refractivity contribution is 7.12. The number of rotatable bonds is 2. The van der Waals surface area contributed by atoms with E-state index in [0.29, 0.717) is 21.2 Å². The van der Waals surface area contributed by atoms with Gasteiger partial charge in [0.25, 0.3) is 5.91 Å². The van der Waals surface area contributed by atoms with Gasteiger partial charge in [-0.3, -0.25) is 4.79 Å². The Morgan fingerprint density at radius 3 is 2.95 bits per heavy atom. The van der Waals surface area contributed by atoms with Crippen molar-refractivity contribution >= 4 is 34.5 Å². The molecule has 3 N–H and O–H groups in total. The quantitative estimate of drug-likeness (QED) is 0.837. The summed E-state index contributed by atoms with van der Waals surface area (Å²) in [5.74, 6) is 5.42. The van der Waals surface area contributed by atoms with Gasteiger partial charge >= 0.3 is 0 Å². The molecule has 0 saturated carbocycles. The summed E-state index contributed by atoms with van der Waals surface area (Å²) >= 11 is 7.44. The van der Waals surface area contributed by atoms with Gasteiger partial charge < -0.3 is 11.1 Å². The molecule has 20 heavy (non-hydrogen) atoms. The van der Waals surface area contributed by atoms with Crippen LogP contribution < -0.4 is 11.1 Å². The number of hydrogen-bond acceptors (Lipinski definition) is 3. The number of hydrogen-bond donors (Lipinski definition) is 2. The van der Waals surface area contributed by atoms with Crippen LogP contribution in [0.15, 0.2) is 29.6 Å². The van der Waals surface area contributed by atoms with Crippen LogP contribution in [0.2, 0.25) is 5.02 Å². The number of amides is 1. The maximum absolute atomic E-state index is 12.2. The first kappa shape index (κ1) is 14.6. The number of aryl methyl sites for hydroxylation is 1. The van der Waals surface area contributed by atoms with Gasteiger partial charge in [0.15, 0.2) is 0 Å². The monoisotopic (exact) mass is 304 g/mol. The van der Waals surface area contributed by atoms with Gasteiger partial charge in [0.05, 0.1) is 17.3 Å². The molecule has 0 radical (unpaired) electrons. The minimum atomic E-state index is -0.216. The lowest BCUT2D eigenvalue weighted by Crippen LogP contribution is -2.12. The Kier molecular flexibility index (Phi) is 4.80. The zero-order chi connectivity index (χ0) is 14.5. The molecule has 0 bridgehead atoms. The van der Waals surface area contributed by atoms with Gasteiger partial charge in [-0.15, -0.1) is 11.3 Å². The van der Waals surface area contributed by atoms with Crippen molar-refractivity contribution in [1.29, 1.82) is 0 Å². The molecule has 0 atom stereocenters. The highest BCUT2D eigenvalue weighted by atomic mass is 35.5. The van der Waals surface area contributed by atoms with E-state index in [9.17, 15) is 4.79 Å². The molecule has 2 aromatic rings. The molecule has 102 valence electrons. The lowest BCUT2D eigenvalue weighted by molar-refractivity contribution is 0.103. The normalized spacial score (nSPS) is 9.75. The maximum Gasteiger partial charge on any atom is 0.267 e. The number of benzene rings is 1. The summed E-state index contributed by atoms with van der Waals surface area (Å²) in [7, 11) is 0. The Balaban J connectivity index is 2.22. The smallest absolute Gasteiger partial charge is 0.267 e. The average Bonchev–Trinajstić information content (AvgIpc) is 2.88. The molecule has 0 saturated heterocycles. The highest BCUT2D eigenvalue weighted by Gasteiger charge is 2.13. The Morgan fingerprint density at radius 2 is 2.25 bits per heavy atom. The topological polar surface area (TPSA) is 55.1 Å². The molecule has 1 aromatic heterocycles. The van der Waals surface area contributed by atoms with Gasteiger partial charge in [0.1, 0.15) is 4.88 Å². The molecule has 1 heterocycles. The summed E-state index contributed by atoms with van der Waals surface area (Å²) in [5, 5.41) is 5.14. The van der Waals surface area contributed by atoms with Gasteiger partial charge in [0, 0.05) is 5.56 Å². The van der Waals surface area contributed by atoms with Gasteiger partial charge in [-0.25, -0.2) is 0 Å². The summed E-state index contributed by atoms with van der Waals surface area (Å²) in [4.78, 5) is 12.8. The molecule has 0 unspecified atom stereocenters. The third-order valence-electron chi connectivity index (χ3n) is 2.57. The molecule has 0 fully saturated rings. The van der Waals surface area contributed by atoms with Crippen LogP contribution in [0, 0.1) is 18.8 Å². The van der Waals surface area contributed by atoms with E-state index >= 15 is 0 Å². The van der Waals surface area contributed by atoms with Crippen LogP contribution in [-0.2, 0) is 0 Å². The predicted octanol–water partition coefficient (Wildman–Crippen LogP) is 3.27. The van der Waals surface area contributed by atoms with Crippen molar-refractivity contribution in [1.82, 2.24) is 0 Å². The fourth-order valence-corrected chi connectivity index (χ4v) is 2.66. The van der Waals surface area contributed by atoms with Crippen LogP contribution in [0.4, 0.5) is 5.69 Å². The van der Waals surface area contributed by atoms with Crippen molar-refractivity contribution in [3.63, 3.8) is 0 Å². The number of thiophene rings is 1. The molecule has 0 aliphatic heterocycles. The van der Waals surface area contributed by atoms with Crippen LogP contribution in [0.5, 0.6) is 0 Å². The van der Waals surface area contributed by atoms with E-state index in [1.807, 2.05) is 18.4 Å². The molecule has 1 amide bonds. The van der Waals surface area contributed by atoms with Gasteiger partial charge in [-0.2, -0.15) is 0 Å². The summed E-state index contributed by atoms with van der Waals surface area (Å²) in [6, 6.07) is 7.29. The molecule has 0 aliphatic rings. The van der Waals surface area contributed by atoms with E-state index in [0.717, 1.165) is 5.56 Å². The predicted molar refractivity (Wildman–Crippen MR) is 84.4 cm³/mol. The lowest BCUT2D eigenvalue weighted by Gasteiger charge is -2.07. The van der Waals surface area contributed by atoms with Crippen molar-refractivity contribution in [2.75, 3.05) is 11.9 Å². The molecule has 1 aromatic carbocycles. The molecule has 2 rings (SSSR count). The number of carbonyl (C=O) groups is 1. The Bertz CT molecular complexity index is 697. The summed E-state index contributed by atoms with van der Waals surface area (Å²) in [5.41, 5.74) is 7.65. The zero-order valence-electron chi connectivity index (χ0n) is 10.9. The van der Waals surface area contributed by atoms with E-state index in [1.54, 1.807) is 18.2 Å². The second kappa shape index (κ2) is 6.58. The van der Waals surface area contributed by atoms with E-state index < -0.39 is 0 Å². The summed E-state index contributed by atoms with van der Waals surface area (Å²) in [6.07, 6.45) is 0. The third-order valence-corrected chi connectivity index (χ3v) is 3.80. The summed E-state index contributed by atoms with van der Waals surface area (Å²) in [6.45, 7) is 2.21. The highest BCUT2D eigenvalue weighted by Crippen LogP contribution is 2.24. The zero-order valence-corrected chi connectivity index (χ0v) is 12.4. The van der Waals surface area contributed by atoms with Gasteiger partial charge in [-0.1, -0.05) is 29.5 Å². The number of halogens is 1. The lowest BCUT2D eigenvalue weighted by atomic mass is 10.2. The van der Waals surface area contributed by atoms with E-state index in [2.05, 4.69) is 17.2 Å². The second-order valence-electron chi connectivity index (χ2n) is 4.11. The Labute approximate surface area is 126 Å². The minimum Gasteiger partial charge on any atom is -0.320 e. The number of nitrogens with two attached hydrogens (primary N) is 1. The first-order valence-corrected chi connectivity index (χ1v) is 7.21. The number of nitrogens with one attached hydrogen (secondary N) is 1. The minimum absolute atomic E-state index is 0.216. The van der Waals surface area contributed by atoms with E-state index in [-0.39, 0.29) is 12.5 Å². The van der Waals surface area contributed by atoms with E-state index in [4.69, 9.17) is 17.3 Å². The number of anilines is 1. The standard InChI is InChI=1S/C15H13ClN2OS/c1-10-4-5-13(12(16)9-10)18-15(19)14-11(3-2-7-17)6-8-20-14/h4-6,8-9H,7,17H2,1H3,(H,18,19). The largest absolute Gasteiger partial charge is 0.320 e. The Hall–Kier alpha value is -1.80. The number of carbonyl (C=O) groups excluding carboxylic acids is 1. The van der Waals surface area contributed by atoms with Crippen molar-refractivity contribution in [3.05, 3.63) is 50.7 Å². The first-order valence-electron chi connectivity index (χ1n) is 5.95. The van der Waals surface area contributed by atoms with Gasteiger partial charge in [-0.05, 0) is 36.1 Å². The van der Waals surface area contributed by atoms with Gasteiger partial charge in [0.2, 0.25) is 0 Å². The molecule has 0 spiro atoms. The van der Waals surface area contributed by atoms with E-state index in [1.165, 1.54) is 11.3 Å². The van der Waals surface area contributed by atoms with Crippen molar-refractivity contribution < 1.29 is 4.79 Å². The Morgan fingerprint density at radius 1 is 1.45 bits per heavy atom. The van der Waals surface area contributed by atoms with Crippen LogP contribution >= 0.6 is 22.9 Å². The van der Waals surface area contributed by atoms with Crippen LogP contribution in [-0.4, -0.2) is 12.5 Å². The van der Waals surface area contributed by atoms with Crippen LogP contribution in [0.1, 0.15) is 20.8 Å². The average molecular weight is 305 g/mol. The fraction of sp³-hybridized carbons (Fsp3) is 0.133. The SMILES string of the molecule is Cc1ccc(NC(=O)c2sccc2C#CCN)c(Cl)c1. The van der Waals surface area contributed by atoms with Crippen LogP contribution in [0.3, 0.4) is 0 Å². The third kappa shape index (κ3) is 3.40. The fourth-order valence-electron chi connectivity index (χ4n) is 1.63. The molecular formula is C15H13ClN2OS. The molecular weight excluding hydrogens is 292 g/mol. The first-order chi connectivity index (χ1) is 9.61. The molecule has 5 heteroatoms. The van der Waals surface area contributed by atoms with Crippen molar-refractivity contribution in [3.8, 4) is 11.8 Å². The molecule has 3 nitrogen and oxygen atoms in total. The maximum atomic E-state index is 12.2. The van der Waals surface area contributed by atoms with Crippen molar-refractivity contribution in [2.24, 2.45) is 5.73 Å². The summed E-state index contributed by atoms with van der Waals surface area (Å²) < 4.78 is 0.